The van der Waals surface area contributed by atoms with Gasteiger partial charge in [-0.15, -0.1) is 0 Å². The Hall–Kier alpha value is -1.22. The molecule has 0 saturated carbocycles. The molecule has 88 valence electrons. The first-order valence-corrected chi connectivity index (χ1v) is 5.00. The van der Waals surface area contributed by atoms with E-state index in [1.807, 2.05) is 0 Å². The number of rotatable bonds is 0. The quantitative estimate of drug-likeness (QED) is 0.741. The lowest BCUT2D eigenvalue weighted by Gasteiger charge is -2.32. The standard InChI is InChI=1S/C13H18O3/c1-6-7(2)13-11(8(3)12(6)14)9(4)15-10(5)16-13/h9-10,14H,1-5H3/t9-,10+/m1/s1/i4D3,5D3. The molecule has 1 heterocycles. The van der Waals surface area contributed by atoms with Crippen LogP contribution in [0.25, 0.3) is 0 Å². The van der Waals surface area contributed by atoms with E-state index in [1.54, 1.807) is 20.8 Å². The molecule has 0 aliphatic carbocycles. The van der Waals surface area contributed by atoms with E-state index >= 15 is 0 Å². The summed E-state index contributed by atoms with van der Waals surface area (Å²) in [4.78, 5) is 0. The third-order valence-corrected chi connectivity index (χ3v) is 3.01. The molecule has 0 bridgehead atoms. The highest BCUT2D eigenvalue weighted by atomic mass is 16.7. The summed E-state index contributed by atoms with van der Waals surface area (Å²) in [6.07, 6.45) is -3.13. The SMILES string of the molecule is [2H]C([2H])([2H])[C@@H]1Oc2c(C)c(C)c(O)c(C)c2[C@@H](C([2H])([2H])[2H])O1. The van der Waals surface area contributed by atoms with Gasteiger partial charge < -0.3 is 14.6 Å². The number of phenols is 1. The van der Waals surface area contributed by atoms with Gasteiger partial charge in [0.2, 0.25) is 0 Å². The van der Waals surface area contributed by atoms with Gasteiger partial charge in [0, 0.05) is 19.4 Å². The average Bonchev–Trinajstić information content (AvgIpc) is 2.39. The Kier molecular flexibility index (Phi) is 1.36. The number of hydrogen-bond donors (Lipinski definition) is 1. The van der Waals surface area contributed by atoms with Crippen LogP contribution in [-0.4, -0.2) is 11.4 Å². The van der Waals surface area contributed by atoms with Gasteiger partial charge in [-0.25, -0.2) is 0 Å². The first-order valence-electron chi connectivity index (χ1n) is 8.00. The second-order valence-electron chi connectivity index (χ2n) is 3.93. The Morgan fingerprint density at radius 2 is 1.88 bits per heavy atom. The Bertz CT molecular complexity index is 606. The lowest BCUT2D eigenvalue weighted by atomic mass is 9.94. The molecular weight excluding hydrogens is 204 g/mol. The average molecular weight is 228 g/mol. The van der Waals surface area contributed by atoms with E-state index in [0.717, 1.165) is 0 Å². The largest absolute Gasteiger partial charge is 0.507 e. The Morgan fingerprint density at radius 3 is 2.50 bits per heavy atom. The number of phenolic OH excluding ortho intramolecular Hbond substituents is 1. The van der Waals surface area contributed by atoms with E-state index in [-0.39, 0.29) is 17.1 Å². The van der Waals surface area contributed by atoms with Gasteiger partial charge in [0.1, 0.15) is 11.5 Å². The van der Waals surface area contributed by atoms with Crippen LogP contribution in [0.3, 0.4) is 0 Å². The molecule has 3 heteroatoms. The van der Waals surface area contributed by atoms with Crippen LogP contribution in [0.2, 0.25) is 0 Å². The minimum absolute atomic E-state index is 0.0370. The molecule has 1 aromatic rings. The van der Waals surface area contributed by atoms with Crippen LogP contribution < -0.4 is 4.74 Å². The van der Waals surface area contributed by atoms with Crippen molar-refractivity contribution >= 4 is 0 Å². The van der Waals surface area contributed by atoms with Gasteiger partial charge in [-0.3, -0.25) is 0 Å². The van der Waals surface area contributed by atoms with E-state index in [2.05, 4.69) is 0 Å². The van der Waals surface area contributed by atoms with Crippen molar-refractivity contribution in [2.75, 3.05) is 0 Å². The van der Waals surface area contributed by atoms with Crippen molar-refractivity contribution in [2.24, 2.45) is 0 Å². The lowest BCUT2D eigenvalue weighted by molar-refractivity contribution is -0.123. The molecule has 0 aromatic heterocycles. The van der Waals surface area contributed by atoms with E-state index in [0.29, 0.717) is 16.7 Å². The zero-order valence-electron chi connectivity index (χ0n) is 15.4. The van der Waals surface area contributed by atoms with Gasteiger partial charge in [-0.1, -0.05) is 0 Å². The molecule has 2 rings (SSSR count). The van der Waals surface area contributed by atoms with Crippen molar-refractivity contribution in [3.63, 3.8) is 0 Å². The zero-order chi connectivity index (χ0) is 17.0. The molecule has 0 spiro atoms. The molecule has 0 saturated heterocycles. The van der Waals surface area contributed by atoms with Gasteiger partial charge in [0.15, 0.2) is 6.29 Å². The van der Waals surface area contributed by atoms with Crippen LogP contribution in [0.5, 0.6) is 11.5 Å². The van der Waals surface area contributed by atoms with Crippen LogP contribution in [0.15, 0.2) is 0 Å². The molecule has 1 aromatic carbocycles. The molecule has 0 unspecified atom stereocenters. The summed E-state index contributed by atoms with van der Waals surface area (Å²) in [5.74, 6) is 0.131. The number of benzene rings is 1. The van der Waals surface area contributed by atoms with Crippen molar-refractivity contribution in [1.29, 1.82) is 0 Å². The Balaban J connectivity index is 2.72. The van der Waals surface area contributed by atoms with E-state index in [9.17, 15) is 5.11 Å². The Labute approximate surface area is 104 Å². The van der Waals surface area contributed by atoms with Crippen LogP contribution in [0, 0.1) is 20.8 Å². The van der Waals surface area contributed by atoms with Crippen LogP contribution in [0.1, 0.15) is 50.3 Å². The molecule has 0 radical (unpaired) electrons. The van der Waals surface area contributed by atoms with Crippen LogP contribution in [0.4, 0.5) is 0 Å². The van der Waals surface area contributed by atoms with E-state index in [1.165, 1.54) is 0 Å². The van der Waals surface area contributed by atoms with E-state index < -0.39 is 26.1 Å². The maximum atomic E-state index is 10.1. The third kappa shape index (κ3) is 1.47. The highest BCUT2D eigenvalue weighted by Gasteiger charge is 2.29. The normalized spacial score (nSPS) is 30.9. The molecule has 3 nitrogen and oxygen atoms in total. The van der Waals surface area contributed by atoms with Gasteiger partial charge in [-0.2, -0.15) is 0 Å². The van der Waals surface area contributed by atoms with Gasteiger partial charge in [0.25, 0.3) is 0 Å². The summed E-state index contributed by atoms with van der Waals surface area (Å²) < 4.78 is 55.8. The number of ether oxygens (including phenoxy) is 2. The minimum Gasteiger partial charge on any atom is -0.507 e. The van der Waals surface area contributed by atoms with Crippen molar-refractivity contribution < 1.29 is 22.8 Å². The summed E-state index contributed by atoms with van der Waals surface area (Å²) in [6.45, 7) is -0.340. The van der Waals surface area contributed by atoms with Gasteiger partial charge in [-0.05, 0) is 45.6 Å². The fraction of sp³-hybridized carbons (Fsp3) is 0.538. The summed E-state index contributed by atoms with van der Waals surface area (Å²) in [6, 6.07) is 0. The summed E-state index contributed by atoms with van der Waals surface area (Å²) in [5, 5.41) is 10.1. The number of fused-ring (bicyclic) bond motifs is 1. The molecule has 0 fully saturated rings. The second-order valence-corrected chi connectivity index (χ2v) is 3.93. The highest BCUT2D eigenvalue weighted by molar-refractivity contribution is 5.58. The molecule has 2 atom stereocenters. The minimum atomic E-state index is -2.62. The summed E-state index contributed by atoms with van der Waals surface area (Å²) in [5.41, 5.74) is 1.53. The van der Waals surface area contributed by atoms with Crippen molar-refractivity contribution in [2.45, 2.75) is 46.9 Å². The first kappa shape index (κ1) is 5.92. The fourth-order valence-corrected chi connectivity index (χ4v) is 1.92. The molecule has 1 N–H and O–H groups in total. The maximum absolute atomic E-state index is 10.1. The van der Waals surface area contributed by atoms with E-state index in [4.69, 9.17) is 17.7 Å². The first-order chi connectivity index (χ1) is 9.85. The molecule has 16 heavy (non-hydrogen) atoms. The zero-order valence-corrected chi connectivity index (χ0v) is 9.42. The fourth-order valence-electron chi connectivity index (χ4n) is 1.92. The second kappa shape index (κ2) is 3.67. The highest BCUT2D eigenvalue weighted by Crippen LogP contribution is 2.44. The van der Waals surface area contributed by atoms with Crippen molar-refractivity contribution in [3.8, 4) is 11.5 Å². The van der Waals surface area contributed by atoms with Gasteiger partial charge >= 0.3 is 0 Å². The maximum Gasteiger partial charge on any atom is 0.197 e. The number of aromatic hydroxyl groups is 1. The molecule has 1 aliphatic heterocycles. The van der Waals surface area contributed by atoms with Gasteiger partial charge in [0.05, 0.1) is 6.10 Å². The third-order valence-electron chi connectivity index (χ3n) is 3.01. The lowest BCUT2D eigenvalue weighted by Crippen LogP contribution is -2.26. The molecule has 0 amide bonds. The van der Waals surface area contributed by atoms with Crippen molar-refractivity contribution in [1.82, 2.24) is 0 Å². The van der Waals surface area contributed by atoms with Crippen LogP contribution >= 0.6 is 0 Å². The predicted molar refractivity (Wildman–Crippen MR) is 61.9 cm³/mol. The topological polar surface area (TPSA) is 38.7 Å². The number of hydrogen-bond acceptors (Lipinski definition) is 3. The molecule has 1 aliphatic rings. The smallest absolute Gasteiger partial charge is 0.197 e. The van der Waals surface area contributed by atoms with Crippen molar-refractivity contribution in [3.05, 3.63) is 22.3 Å². The van der Waals surface area contributed by atoms with Crippen LogP contribution in [-0.2, 0) is 4.74 Å². The Morgan fingerprint density at radius 1 is 1.12 bits per heavy atom. The monoisotopic (exact) mass is 228 g/mol. The molecular formula is C13H18O3. The summed E-state index contributed by atoms with van der Waals surface area (Å²) in [7, 11) is 0. The predicted octanol–water partition coefficient (Wildman–Crippen LogP) is 3.13. The summed E-state index contributed by atoms with van der Waals surface area (Å²) >= 11 is 0.